The quantitative estimate of drug-likeness (QED) is 0.742. The molecule has 4 heteroatoms. The summed E-state index contributed by atoms with van der Waals surface area (Å²) in [6.45, 7) is 2.62. The summed E-state index contributed by atoms with van der Waals surface area (Å²) in [6.07, 6.45) is 4.27. The summed E-state index contributed by atoms with van der Waals surface area (Å²) in [4.78, 5) is 13.0. The van der Waals surface area contributed by atoms with Gasteiger partial charge in [-0.25, -0.2) is 0 Å². The van der Waals surface area contributed by atoms with Crippen LogP contribution in [0.1, 0.15) is 41.6 Å². The van der Waals surface area contributed by atoms with Crippen LogP contribution in [0.25, 0.3) is 0 Å². The maximum atomic E-state index is 12.2. The van der Waals surface area contributed by atoms with E-state index in [-0.39, 0.29) is 17.9 Å². The maximum Gasteiger partial charge on any atom is 0.251 e. The standard InChI is InChI=1S/C15H21NO2S/c1-11-4-5-12(19)8-13(11)14(18)16-9-15(10-17)6-2-3-7-15/h4-5,8,17,19H,2-3,6-7,9-10H2,1H3,(H,16,18). The predicted octanol–water partition coefficient (Wildman–Crippen LogP) is 2.57. The second-order valence-electron chi connectivity index (χ2n) is 5.55. The van der Waals surface area contributed by atoms with Crippen molar-refractivity contribution in [1.29, 1.82) is 0 Å². The van der Waals surface area contributed by atoms with E-state index in [4.69, 9.17) is 0 Å². The zero-order valence-electron chi connectivity index (χ0n) is 11.3. The molecule has 19 heavy (non-hydrogen) atoms. The molecule has 0 unspecified atom stereocenters. The highest BCUT2D eigenvalue weighted by Crippen LogP contribution is 2.36. The van der Waals surface area contributed by atoms with E-state index in [9.17, 15) is 9.90 Å². The van der Waals surface area contributed by atoms with Gasteiger partial charge in [0, 0.05) is 22.4 Å². The molecular formula is C15H21NO2S. The van der Waals surface area contributed by atoms with Crippen molar-refractivity contribution >= 4 is 18.5 Å². The number of rotatable bonds is 4. The van der Waals surface area contributed by atoms with Gasteiger partial charge in [0.2, 0.25) is 0 Å². The lowest BCUT2D eigenvalue weighted by Gasteiger charge is -2.26. The van der Waals surface area contributed by atoms with Gasteiger partial charge in [-0.15, -0.1) is 12.6 Å². The fourth-order valence-corrected chi connectivity index (χ4v) is 2.94. The Labute approximate surface area is 119 Å². The van der Waals surface area contributed by atoms with Gasteiger partial charge in [0.15, 0.2) is 0 Å². The third kappa shape index (κ3) is 3.31. The van der Waals surface area contributed by atoms with Crippen LogP contribution in [0.3, 0.4) is 0 Å². The number of carbonyl (C=O) groups excluding carboxylic acids is 1. The molecule has 2 rings (SSSR count). The number of aliphatic hydroxyl groups excluding tert-OH is 1. The highest BCUT2D eigenvalue weighted by Gasteiger charge is 2.33. The predicted molar refractivity (Wildman–Crippen MR) is 78.8 cm³/mol. The summed E-state index contributed by atoms with van der Waals surface area (Å²) in [5.41, 5.74) is 1.50. The summed E-state index contributed by atoms with van der Waals surface area (Å²) >= 11 is 4.27. The molecular weight excluding hydrogens is 258 g/mol. The highest BCUT2D eigenvalue weighted by molar-refractivity contribution is 7.80. The number of amides is 1. The van der Waals surface area contributed by atoms with Crippen molar-refractivity contribution in [1.82, 2.24) is 5.32 Å². The molecule has 0 radical (unpaired) electrons. The molecule has 0 aliphatic heterocycles. The van der Waals surface area contributed by atoms with Gasteiger partial charge in [0.1, 0.15) is 0 Å². The van der Waals surface area contributed by atoms with Crippen LogP contribution in [0.15, 0.2) is 23.1 Å². The molecule has 1 saturated carbocycles. The Kier molecular flexibility index (Phi) is 4.53. The van der Waals surface area contributed by atoms with Gasteiger partial charge in [-0.05, 0) is 37.5 Å². The zero-order valence-corrected chi connectivity index (χ0v) is 12.2. The van der Waals surface area contributed by atoms with Crippen LogP contribution in [0, 0.1) is 12.3 Å². The third-order valence-electron chi connectivity index (χ3n) is 4.09. The summed E-state index contributed by atoms with van der Waals surface area (Å²) in [6, 6.07) is 5.56. The molecule has 3 nitrogen and oxygen atoms in total. The molecule has 1 aliphatic carbocycles. The summed E-state index contributed by atoms with van der Waals surface area (Å²) in [5.74, 6) is -0.0758. The molecule has 0 aromatic heterocycles. The van der Waals surface area contributed by atoms with Crippen molar-refractivity contribution in [2.75, 3.05) is 13.2 Å². The van der Waals surface area contributed by atoms with Gasteiger partial charge in [0.05, 0.1) is 6.61 Å². The Morgan fingerprint density at radius 2 is 2.11 bits per heavy atom. The van der Waals surface area contributed by atoms with Crippen LogP contribution in [0.5, 0.6) is 0 Å². The number of aryl methyl sites for hydroxylation is 1. The third-order valence-corrected chi connectivity index (χ3v) is 4.37. The van der Waals surface area contributed by atoms with Gasteiger partial charge in [-0.1, -0.05) is 18.9 Å². The van der Waals surface area contributed by atoms with E-state index in [1.54, 1.807) is 6.07 Å². The first-order chi connectivity index (χ1) is 9.06. The average molecular weight is 279 g/mol. The molecule has 0 bridgehead atoms. The van der Waals surface area contributed by atoms with Crippen LogP contribution in [0.2, 0.25) is 0 Å². The van der Waals surface area contributed by atoms with Crippen molar-refractivity contribution < 1.29 is 9.90 Å². The molecule has 0 saturated heterocycles. The molecule has 0 spiro atoms. The first-order valence-electron chi connectivity index (χ1n) is 6.75. The zero-order chi connectivity index (χ0) is 13.9. The van der Waals surface area contributed by atoms with Crippen LogP contribution in [0.4, 0.5) is 0 Å². The molecule has 1 fully saturated rings. The lowest BCUT2D eigenvalue weighted by Crippen LogP contribution is -2.38. The monoisotopic (exact) mass is 279 g/mol. The minimum atomic E-state index is -0.109. The van der Waals surface area contributed by atoms with Crippen molar-refractivity contribution in [2.45, 2.75) is 37.5 Å². The Morgan fingerprint density at radius 1 is 1.42 bits per heavy atom. The van der Waals surface area contributed by atoms with E-state index < -0.39 is 0 Å². The van der Waals surface area contributed by atoms with E-state index in [0.29, 0.717) is 12.1 Å². The molecule has 104 valence electrons. The fraction of sp³-hybridized carbons (Fsp3) is 0.533. The number of carbonyl (C=O) groups is 1. The molecule has 1 aromatic rings. The van der Waals surface area contributed by atoms with Crippen molar-refractivity contribution in [2.24, 2.45) is 5.41 Å². The minimum Gasteiger partial charge on any atom is -0.396 e. The first-order valence-corrected chi connectivity index (χ1v) is 7.20. The van der Waals surface area contributed by atoms with Gasteiger partial charge in [-0.2, -0.15) is 0 Å². The molecule has 1 aromatic carbocycles. The summed E-state index contributed by atoms with van der Waals surface area (Å²) < 4.78 is 0. The normalized spacial score (nSPS) is 17.4. The van der Waals surface area contributed by atoms with Gasteiger partial charge in [-0.3, -0.25) is 4.79 Å². The van der Waals surface area contributed by atoms with Crippen molar-refractivity contribution in [3.05, 3.63) is 29.3 Å². The van der Waals surface area contributed by atoms with Gasteiger partial charge in [0.25, 0.3) is 5.91 Å². The molecule has 0 heterocycles. The minimum absolute atomic E-state index is 0.0758. The fourth-order valence-electron chi connectivity index (χ4n) is 2.73. The van der Waals surface area contributed by atoms with Crippen LogP contribution >= 0.6 is 12.6 Å². The van der Waals surface area contributed by atoms with Gasteiger partial charge >= 0.3 is 0 Å². The topological polar surface area (TPSA) is 49.3 Å². The second kappa shape index (κ2) is 5.97. The number of aliphatic hydroxyl groups is 1. The van der Waals surface area contributed by atoms with E-state index in [0.717, 1.165) is 36.1 Å². The number of thiol groups is 1. The van der Waals surface area contributed by atoms with E-state index >= 15 is 0 Å². The van der Waals surface area contributed by atoms with Crippen LogP contribution in [-0.2, 0) is 0 Å². The largest absolute Gasteiger partial charge is 0.396 e. The average Bonchev–Trinajstić information content (AvgIpc) is 2.88. The van der Waals surface area contributed by atoms with Gasteiger partial charge < -0.3 is 10.4 Å². The van der Waals surface area contributed by atoms with Crippen LogP contribution < -0.4 is 5.32 Å². The Balaban J connectivity index is 2.03. The number of benzene rings is 1. The molecule has 1 aliphatic rings. The molecule has 0 atom stereocenters. The van der Waals surface area contributed by atoms with Crippen molar-refractivity contribution in [3.8, 4) is 0 Å². The first kappa shape index (κ1) is 14.4. The second-order valence-corrected chi connectivity index (χ2v) is 6.06. The van der Waals surface area contributed by atoms with E-state index in [1.165, 1.54) is 0 Å². The number of hydrogen-bond acceptors (Lipinski definition) is 3. The maximum absolute atomic E-state index is 12.2. The van der Waals surface area contributed by atoms with Crippen LogP contribution in [-0.4, -0.2) is 24.2 Å². The lowest BCUT2D eigenvalue weighted by atomic mass is 9.87. The SMILES string of the molecule is Cc1ccc(S)cc1C(=O)NCC1(CO)CCCC1. The van der Waals surface area contributed by atoms with E-state index in [1.807, 2.05) is 19.1 Å². The summed E-state index contributed by atoms with van der Waals surface area (Å²) in [5, 5.41) is 12.5. The summed E-state index contributed by atoms with van der Waals surface area (Å²) in [7, 11) is 0. The van der Waals surface area contributed by atoms with Crippen molar-refractivity contribution in [3.63, 3.8) is 0 Å². The number of hydrogen-bond donors (Lipinski definition) is 3. The Bertz CT molecular complexity index is 467. The Hall–Kier alpha value is -1.00. The lowest BCUT2D eigenvalue weighted by molar-refractivity contribution is 0.0880. The highest BCUT2D eigenvalue weighted by atomic mass is 32.1. The van der Waals surface area contributed by atoms with E-state index in [2.05, 4.69) is 17.9 Å². The molecule has 2 N–H and O–H groups in total. The smallest absolute Gasteiger partial charge is 0.251 e. The number of nitrogens with one attached hydrogen (secondary N) is 1. The Morgan fingerprint density at radius 3 is 2.74 bits per heavy atom. The molecule has 1 amide bonds.